The molecule has 0 spiro atoms. The Morgan fingerprint density at radius 3 is 2.35 bits per heavy atom. The predicted octanol–water partition coefficient (Wildman–Crippen LogP) is 2.08. The fourth-order valence-electron chi connectivity index (χ4n) is 4.49. The van der Waals surface area contributed by atoms with Crippen molar-refractivity contribution in [3.8, 4) is 17.9 Å². The number of ether oxygens (including phenoxy) is 1. The van der Waals surface area contributed by atoms with Crippen molar-refractivity contribution in [1.29, 1.82) is 10.5 Å². The number of likely N-dealkylation sites (tertiary alicyclic amines) is 2. The highest BCUT2D eigenvalue weighted by atomic mass is 32.2. The second kappa shape index (κ2) is 9.72. The number of carbonyl (C=O) groups is 1. The average Bonchev–Trinajstić information content (AvgIpc) is 3.38. The first-order chi connectivity index (χ1) is 16.3. The third-order valence-electron chi connectivity index (χ3n) is 6.30. The number of rotatable bonds is 6. The van der Waals surface area contributed by atoms with E-state index in [4.69, 9.17) is 10.00 Å². The van der Waals surface area contributed by atoms with E-state index in [9.17, 15) is 18.5 Å². The number of urea groups is 1. The van der Waals surface area contributed by atoms with Gasteiger partial charge in [0.25, 0.3) is 10.0 Å². The van der Waals surface area contributed by atoms with E-state index in [-0.39, 0.29) is 16.7 Å². The molecule has 2 unspecified atom stereocenters. The van der Waals surface area contributed by atoms with Gasteiger partial charge in [-0.3, -0.25) is 4.90 Å². The molecule has 0 bridgehead atoms. The van der Waals surface area contributed by atoms with Crippen LogP contribution in [-0.4, -0.2) is 63.6 Å². The van der Waals surface area contributed by atoms with E-state index in [2.05, 4.69) is 9.62 Å². The summed E-state index contributed by atoms with van der Waals surface area (Å²) >= 11 is 0. The van der Waals surface area contributed by atoms with Crippen molar-refractivity contribution in [1.82, 2.24) is 14.5 Å². The van der Waals surface area contributed by atoms with Gasteiger partial charge in [-0.05, 0) is 49.1 Å². The molecule has 2 amide bonds. The summed E-state index contributed by atoms with van der Waals surface area (Å²) < 4.78 is 33.0. The zero-order valence-corrected chi connectivity index (χ0v) is 19.6. The van der Waals surface area contributed by atoms with Crippen LogP contribution in [-0.2, 0) is 10.0 Å². The van der Waals surface area contributed by atoms with Crippen LogP contribution in [0.15, 0.2) is 47.4 Å². The van der Waals surface area contributed by atoms with Crippen LogP contribution in [0.1, 0.15) is 16.7 Å². The van der Waals surface area contributed by atoms with Crippen LogP contribution in [0.2, 0.25) is 0 Å². The van der Waals surface area contributed by atoms with Crippen LogP contribution < -0.4 is 9.46 Å². The number of nitriles is 2. The Kier molecular flexibility index (Phi) is 6.73. The number of nitrogens with zero attached hydrogens (tertiary/aromatic N) is 4. The minimum atomic E-state index is -3.91. The van der Waals surface area contributed by atoms with Gasteiger partial charge in [-0.1, -0.05) is 17.7 Å². The van der Waals surface area contributed by atoms with Crippen LogP contribution in [0.5, 0.6) is 5.75 Å². The molecule has 176 valence electrons. The monoisotopic (exact) mass is 479 g/mol. The molecule has 9 nitrogen and oxygen atoms in total. The zero-order chi connectivity index (χ0) is 24.3. The van der Waals surface area contributed by atoms with Gasteiger partial charge in [0.05, 0.1) is 22.1 Å². The molecule has 2 atom stereocenters. The van der Waals surface area contributed by atoms with Gasteiger partial charge < -0.3 is 9.64 Å². The number of benzene rings is 2. The lowest BCUT2D eigenvalue weighted by molar-refractivity contribution is 0.197. The summed E-state index contributed by atoms with van der Waals surface area (Å²) in [7, 11) is -3.91. The topological polar surface area (TPSA) is 127 Å². The summed E-state index contributed by atoms with van der Waals surface area (Å²) in [5.41, 5.74) is 1.69. The van der Waals surface area contributed by atoms with Crippen LogP contribution in [0.3, 0.4) is 0 Å². The fraction of sp³-hybridized carbons (Fsp3) is 0.375. The van der Waals surface area contributed by atoms with Gasteiger partial charge in [0.1, 0.15) is 18.4 Å². The van der Waals surface area contributed by atoms with Crippen molar-refractivity contribution in [2.75, 3.05) is 39.3 Å². The van der Waals surface area contributed by atoms with Crippen molar-refractivity contribution >= 4 is 16.1 Å². The first-order valence-electron chi connectivity index (χ1n) is 11.0. The standard InChI is InChI=1S/C24H25N5O4S/c1-17-2-5-22(6-3-17)34(31,32)27-24(30)29-15-20-13-28(14-21(20)16-29)8-9-33-23-7-4-18(11-25)10-19(23)12-26/h2-7,10,20-21H,8-9,13-16H2,1H3,(H,27,30). The number of aryl methyl sites for hydroxylation is 1. The first-order valence-corrected chi connectivity index (χ1v) is 12.4. The summed E-state index contributed by atoms with van der Waals surface area (Å²) in [5.74, 6) is 1.01. The summed E-state index contributed by atoms with van der Waals surface area (Å²) in [6, 6.07) is 14.6. The first kappa shape index (κ1) is 23.6. The largest absolute Gasteiger partial charge is 0.491 e. The normalized spacial score (nSPS) is 19.8. The summed E-state index contributed by atoms with van der Waals surface area (Å²) in [6.45, 7) is 5.54. The Morgan fingerprint density at radius 1 is 1.06 bits per heavy atom. The molecule has 0 aromatic heterocycles. The van der Waals surface area contributed by atoms with Crippen molar-refractivity contribution in [3.63, 3.8) is 0 Å². The highest BCUT2D eigenvalue weighted by Gasteiger charge is 2.42. The highest BCUT2D eigenvalue weighted by Crippen LogP contribution is 2.31. The van der Waals surface area contributed by atoms with Gasteiger partial charge in [-0.15, -0.1) is 0 Å². The van der Waals surface area contributed by atoms with Crippen LogP contribution in [0.25, 0.3) is 0 Å². The number of hydrogen-bond acceptors (Lipinski definition) is 7. The highest BCUT2D eigenvalue weighted by molar-refractivity contribution is 7.90. The van der Waals surface area contributed by atoms with Crippen molar-refractivity contribution < 1.29 is 17.9 Å². The molecule has 10 heteroatoms. The molecule has 1 N–H and O–H groups in total. The number of amides is 2. The third-order valence-corrected chi connectivity index (χ3v) is 7.63. The minimum Gasteiger partial charge on any atom is -0.491 e. The predicted molar refractivity (Wildman–Crippen MR) is 123 cm³/mol. The molecule has 2 aromatic carbocycles. The molecule has 34 heavy (non-hydrogen) atoms. The lowest BCUT2D eigenvalue weighted by Gasteiger charge is -2.22. The molecular weight excluding hydrogens is 454 g/mol. The summed E-state index contributed by atoms with van der Waals surface area (Å²) in [4.78, 5) is 16.5. The molecule has 2 fully saturated rings. The second-order valence-corrected chi connectivity index (χ2v) is 10.4. The molecule has 4 rings (SSSR count). The van der Waals surface area contributed by atoms with Crippen molar-refractivity contribution in [2.24, 2.45) is 11.8 Å². The molecule has 2 saturated heterocycles. The molecular formula is C24H25N5O4S. The van der Waals surface area contributed by atoms with Gasteiger partial charge in [-0.2, -0.15) is 10.5 Å². The van der Waals surface area contributed by atoms with Gasteiger partial charge in [0.2, 0.25) is 0 Å². The molecule has 2 heterocycles. The third kappa shape index (κ3) is 5.14. The van der Waals surface area contributed by atoms with Crippen LogP contribution in [0, 0.1) is 41.4 Å². The molecule has 0 aliphatic carbocycles. The number of fused-ring (bicyclic) bond motifs is 1. The maximum atomic E-state index is 12.6. The van der Waals surface area contributed by atoms with Crippen LogP contribution in [0.4, 0.5) is 4.79 Å². The van der Waals surface area contributed by atoms with E-state index in [0.717, 1.165) is 18.7 Å². The fourth-order valence-corrected chi connectivity index (χ4v) is 5.46. The Morgan fingerprint density at radius 2 is 1.74 bits per heavy atom. The van der Waals surface area contributed by atoms with Crippen molar-refractivity contribution in [3.05, 3.63) is 59.2 Å². The molecule has 2 aliphatic heterocycles. The summed E-state index contributed by atoms with van der Waals surface area (Å²) in [6.07, 6.45) is 0. The quantitative estimate of drug-likeness (QED) is 0.672. The van der Waals surface area contributed by atoms with Crippen LogP contribution >= 0.6 is 0 Å². The minimum absolute atomic E-state index is 0.0684. The zero-order valence-electron chi connectivity index (χ0n) is 18.8. The number of hydrogen-bond donors (Lipinski definition) is 1. The molecule has 0 radical (unpaired) electrons. The van der Waals surface area contributed by atoms with Gasteiger partial charge in [0, 0.05) is 32.7 Å². The Bertz CT molecular complexity index is 1250. The average molecular weight is 480 g/mol. The smallest absolute Gasteiger partial charge is 0.331 e. The SMILES string of the molecule is Cc1ccc(S(=O)(=O)NC(=O)N2CC3CN(CCOc4ccc(C#N)cc4C#N)CC3C2)cc1. The maximum absolute atomic E-state index is 12.6. The van der Waals surface area contributed by atoms with E-state index < -0.39 is 16.1 Å². The number of sulfonamides is 1. The van der Waals surface area contributed by atoms with E-state index in [1.807, 2.05) is 19.1 Å². The molecule has 2 aliphatic rings. The Hall–Kier alpha value is -3.60. The number of carbonyl (C=O) groups excluding carboxylic acids is 1. The maximum Gasteiger partial charge on any atom is 0.331 e. The number of nitrogens with one attached hydrogen (secondary N) is 1. The van der Waals surface area contributed by atoms with E-state index in [1.165, 1.54) is 18.2 Å². The lowest BCUT2D eigenvalue weighted by Crippen LogP contribution is -2.43. The molecule has 0 saturated carbocycles. The Labute approximate surface area is 199 Å². The van der Waals surface area contributed by atoms with E-state index in [1.54, 1.807) is 29.2 Å². The van der Waals surface area contributed by atoms with E-state index in [0.29, 0.717) is 43.1 Å². The summed E-state index contributed by atoms with van der Waals surface area (Å²) in [5, 5.41) is 18.2. The Balaban J connectivity index is 1.25. The van der Waals surface area contributed by atoms with Gasteiger partial charge in [0.15, 0.2) is 0 Å². The van der Waals surface area contributed by atoms with E-state index >= 15 is 0 Å². The molecule has 2 aromatic rings. The second-order valence-electron chi connectivity index (χ2n) is 8.69. The lowest BCUT2D eigenvalue weighted by atomic mass is 10.0. The van der Waals surface area contributed by atoms with Gasteiger partial charge >= 0.3 is 6.03 Å². The van der Waals surface area contributed by atoms with Gasteiger partial charge in [-0.25, -0.2) is 17.9 Å². The van der Waals surface area contributed by atoms with Crippen molar-refractivity contribution in [2.45, 2.75) is 11.8 Å².